The highest BCUT2D eigenvalue weighted by atomic mass is 16.5. The third-order valence-electron chi connectivity index (χ3n) is 3.83. The van der Waals surface area contributed by atoms with E-state index in [0.717, 1.165) is 0 Å². The van der Waals surface area contributed by atoms with Gasteiger partial charge >= 0.3 is 0 Å². The molecule has 142 valence electrons. The largest absolute Gasteiger partial charge is 0.492 e. The minimum atomic E-state index is 0.347. The normalized spacial score (nSPS) is 10.3. The topological polar surface area (TPSA) is 119 Å². The Morgan fingerprint density at radius 2 is 1.83 bits per heavy atom. The van der Waals surface area contributed by atoms with Gasteiger partial charge in [-0.1, -0.05) is 6.07 Å². The molecule has 0 aliphatic heterocycles. The number of rotatable bonds is 7. The number of hydrogen-bond acceptors (Lipinski definition) is 9. The van der Waals surface area contributed by atoms with E-state index in [0.29, 0.717) is 53.1 Å². The fourth-order valence-electron chi connectivity index (χ4n) is 2.55. The van der Waals surface area contributed by atoms with Gasteiger partial charge in [0.1, 0.15) is 29.9 Å². The van der Waals surface area contributed by atoms with E-state index in [1.165, 1.54) is 12.5 Å². The maximum atomic E-state index is 8.96. The van der Waals surface area contributed by atoms with Crippen molar-refractivity contribution in [2.24, 2.45) is 0 Å². The average molecular weight is 385 g/mol. The number of hydrogen-bond donors (Lipinski definition) is 1. The lowest BCUT2D eigenvalue weighted by molar-refractivity contribution is 0.330. The van der Waals surface area contributed by atoms with Crippen LogP contribution in [0.1, 0.15) is 5.56 Å². The van der Waals surface area contributed by atoms with Crippen molar-refractivity contribution in [1.29, 1.82) is 5.26 Å². The zero-order valence-electron chi connectivity index (χ0n) is 15.2. The fraction of sp³-hybridized carbons (Fsp3) is 0.100. The van der Waals surface area contributed by atoms with Crippen LogP contribution in [0, 0.1) is 11.3 Å². The molecule has 3 aromatic heterocycles. The van der Waals surface area contributed by atoms with E-state index in [9.17, 15) is 0 Å². The standard InChI is InChI=1S/C20H15N7O2/c21-12-14-4-5-22-17(10-14)29-16-3-1-2-15(11-16)28-9-8-25-20-18-19(26-13-27-20)24-7-6-23-18/h1-7,10-11,13H,8-9H2,(H,24,25,26,27). The molecule has 0 aliphatic rings. The second-order valence-corrected chi connectivity index (χ2v) is 5.80. The molecule has 0 fully saturated rings. The first-order valence-electron chi connectivity index (χ1n) is 8.74. The third kappa shape index (κ3) is 4.51. The van der Waals surface area contributed by atoms with Crippen LogP contribution >= 0.6 is 0 Å². The van der Waals surface area contributed by atoms with Gasteiger partial charge in [0.25, 0.3) is 0 Å². The van der Waals surface area contributed by atoms with Gasteiger partial charge in [-0.05, 0) is 18.2 Å². The van der Waals surface area contributed by atoms with Crippen molar-refractivity contribution in [3.63, 3.8) is 0 Å². The predicted octanol–water partition coefficient (Wildman–Crippen LogP) is 2.97. The Morgan fingerprint density at radius 3 is 2.76 bits per heavy atom. The van der Waals surface area contributed by atoms with Crippen molar-refractivity contribution < 1.29 is 9.47 Å². The van der Waals surface area contributed by atoms with Crippen molar-refractivity contribution >= 4 is 17.0 Å². The van der Waals surface area contributed by atoms with Crippen molar-refractivity contribution in [3.8, 4) is 23.4 Å². The van der Waals surface area contributed by atoms with Gasteiger partial charge in [0.15, 0.2) is 11.5 Å². The summed E-state index contributed by atoms with van der Waals surface area (Å²) in [4.78, 5) is 20.8. The van der Waals surface area contributed by atoms with Gasteiger partial charge in [-0.25, -0.2) is 24.9 Å². The number of aromatic nitrogens is 5. The molecule has 0 unspecified atom stereocenters. The Balaban J connectivity index is 1.34. The number of nitrogens with zero attached hydrogens (tertiary/aromatic N) is 6. The van der Waals surface area contributed by atoms with Crippen LogP contribution in [-0.4, -0.2) is 38.1 Å². The van der Waals surface area contributed by atoms with E-state index >= 15 is 0 Å². The molecule has 0 aliphatic carbocycles. The number of anilines is 1. The van der Waals surface area contributed by atoms with Crippen molar-refractivity contribution in [2.75, 3.05) is 18.5 Å². The minimum Gasteiger partial charge on any atom is -0.492 e. The lowest BCUT2D eigenvalue weighted by Crippen LogP contribution is -2.13. The van der Waals surface area contributed by atoms with Crippen LogP contribution in [-0.2, 0) is 0 Å². The van der Waals surface area contributed by atoms with Gasteiger partial charge in [0.2, 0.25) is 5.88 Å². The Morgan fingerprint density at radius 1 is 0.931 bits per heavy atom. The molecule has 0 amide bonds. The van der Waals surface area contributed by atoms with Gasteiger partial charge < -0.3 is 14.8 Å². The minimum absolute atomic E-state index is 0.347. The first-order valence-corrected chi connectivity index (χ1v) is 8.74. The van der Waals surface area contributed by atoms with Crippen molar-refractivity contribution in [1.82, 2.24) is 24.9 Å². The molecule has 29 heavy (non-hydrogen) atoms. The number of ether oxygens (including phenoxy) is 2. The zero-order chi connectivity index (χ0) is 19.9. The number of pyridine rings is 1. The number of benzene rings is 1. The molecule has 0 bridgehead atoms. The molecule has 4 aromatic rings. The van der Waals surface area contributed by atoms with Crippen LogP contribution in [0.4, 0.5) is 5.82 Å². The molecule has 1 N–H and O–H groups in total. The fourth-order valence-corrected chi connectivity index (χ4v) is 2.55. The summed E-state index contributed by atoms with van der Waals surface area (Å²) < 4.78 is 11.5. The van der Waals surface area contributed by atoms with Crippen molar-refractivity contribution in [2.45, 2.75) is 0 Å². The van der Waals surface area contributed by atoms with E-state index in [-0.39, 0.29) is 0 Å². The molecule has 0 radical (unpaired) electrons. The van der Waals surface area contributed by atoms with Gasteiger partial charge in [0, 0.05) is 30.7 Å². The number of nitrogens with one attached hydrogen (secondary N) is 1. The summed E-state index contributed by atoms with van der Waals surface area (Å²) in [6.07, 6.45) is 6.15. The molecule has 4 rings (SSSR count). The molecule has 0 saturated carbocycles. The monoisotopic (exact) mass is 385 g/mol. The van der Waals surface area contributed by atoms with Crippen LogP contribution < -0.4 is 14.8 Å². The Hall–Kier alpha value is -4.32. The van der Waals surface area contributed by atoms with Crippen LogP contribution in [0.2, 0.25) is 0 Å². The highest BCUT2D eigenvalue weighted by Gasteiger charge is 2.05. The molecule has 0 saturated heterocycles. The molecule has 1 aromatic carbocycles. The molecule has 9 heteroatoms. The first kappa shape index (κ1) is 18.1. The van der Waals surface area contributed by atoms with Crippen LogP contribution in [0.3, 0.4) is 0 Å². The van der Waals surface area contributed by atoms with Crippen LogP contribution in [0.25, 0.3) is 11.2 Å². The summed E-state index contributed by atoms with van der Waals surface area (Å²) in [6, 6.07) is 12.4. The highest BCUT2D eigenvalue weighted by molar-refractivity contribution is 5.81. The smallest absolute Gasteiger partial charge is 0.220 e. The summed E-state index contributed by atoms with van der Waals surface area (Å²) in [7, 11) is 0. The van der Waals surface area contributed by atoms with Crippen LogP contribution in [0.5, 0.6) is 17.4 Å². The molecule has 0 atom stereocenters. The maximum absolute atomic E-state index is 8.96. The lowest BCUT2D eigenvalue weighted by atomic mass is 10.3. The number of fused-ring (bicyclic) bond motifs is 1. The molecular formula is C20H15N7O2. The summed E-state index contributed by atoms with van der Waals surface area (Å²) in [5.74, 6) is 2.16. The molecule has 9 nitrogen and oxygen atoms in total. The number of nitriles is 1. The third-order valence-corrected chi connectivity index (χ3v) is 3.83. The van der Waals surface area contributed by atoms with E-state index in [1.54, 1.807) is 36.7 Å². The Kier molecular flexibility index (Phi) is 5.34. The van der Waals surface area contributed by atoms with Crippen molar-refractivity contribution in [3.05, 3.63) is 66.9 Å². The van der Waals surface area contributed by atoms with E-state index in [4.69, 9.17) is 14.7 Å². The van der Waals surface area contributed by atoms with E-state index in [1.807, 2.05) is 12.1 Å². The SMILES string of the molecule is N#Cc1ccnc(Oc2cccc(OCCNc3ncnc4nccnc34)c2)c1. The van der Waals surface area contributed by atoms with Gasteiger partial charge in [-0.2, -0.15) is 5.26 Å². The van der Waals surface area contributed by atoms with E-state index in [2.05, 4.69) is 36.3 Å². The second kappa shape index (κ2) is 8.58. The van der Waals surface area contributed by atoms with Crippen LogP contribution in [0.15, 0.2) is 61.3 Å². The highest BCUT2D eigenvalue weighted by Crippen LogP contribution is 2.24. The quantitative estimate of drug-likeness (QED) is 0.479. The summed E-state index contributed by atoms with van der Waals surface area (Å²) >= 11 is 0. The molecule has 3 heterocycles. The predicted molar refractivity (Wildman–Crippen MR) is 105 cm³/mol. The molecular weight excluding hydrogens is 370 g/mol. The average Bonchev–Trinajstić information content (AvgIpc) is 2.77. The van der Waals surface area contributed by atoms with Gasteiger partial charge in [-0.3, -0.25) is 0 Å². The first-order chi connectivity index (χ1) is 14.3. The van der Waals surface area contributed by atoms with Gasteiger partial charge in [0.05, 0.1) is 18.2 Å². The van der Waals surface area contributed by atoms with E-state index < -0.39 is 0 Å². The second-order valence-electron chi connectivity index (χ2n) is 5.80. The summed E-state index contributed by atoms with van der Waals surface area (Å²) in [5.41, 5.74) is 1.62. The Bertz CT molecular complexity index is 1170. The maximum Gasteiger partial charge on any atom is 0.220 e. The molecule has 0 spiro atoms. The summed E-state index contributed by atoms with van der Waals surface area (Å²) in [6.45, 7) is 0.914. The summed E-state index contributed by atoms with van der Waals surface area (Å²) in [5, 5.41) is 12.1. The van der Waals surface area contributed by atoms with Gasteiger partial charge in [-0.15, -0.1) is 0 Å². The zero-order valence-corrected chi connectivity index (χ0v) is 15.2. The lowest BCUT2D eigenvalue weighted by Gasteiger charge is -2.10. The Labute approximate surface area is 166 Å².